The van der Waals surface area contributed by atoms with Gasteiger partial charge in [0.2, 0.25) is 11.8 Å². The van der Waals surface area contributed by atoms with Crippen molar-refractivity contribution in [2.45, 2.75) is 32.5 Å². The Hall–Kier alpha value is -2.74. The van der Waals surface area contributed by atoms with Crippen LogP contribution in [0.15, 0.2) is 36.9 Å². The number of carbonyl (C=O) groups is 2. The summed E-state index contributed by atoms with van der Waals surface area (Å²) in [5.74, 6) is 0.652. The number of imidazole rings is 1. The molecule has 0 aromatic carbocycles. The first kappa shape index (κ1) is 18.1. The monoisotopic (exact) mass is 356 g/mol. The molecule has 2 aromatic rings. The van der Waals surface area contributed by atoms with E-state index in [1.807, 2.05) is 23.6 Å². The first-order chi connectivity index (χ1) is 12.7. The van der Waals surface area contributed by atoms with Crippen LogP contribution in [0.4, 0.5) is 0 Å². The lowest BCUT2D eigenvalue weighted by molar-refractivity contribution is -0.142. The summed E-state index contributed by atoms with van der Waals surface area (Å²) in [5.41, 5.74) is 0.973. The van der Waals surface area contributed by atoms with Gasteiger partial charge in [-0.3, -0.25) is 14.6 Å². The minimum absolute atomic E-state index is 0.0664. The number of amides is 2. The molecule has 3 rings (SSSR count). The van der Waals surface area contributed by atoms with Gasteiger partial charge in [-0.05, 0) is 17.7 Å². The van der Waals surface area contributed by atoms with E-state index in [0.717, 1.165) is 17.8 Å². The number of hydrogen-bond donors (Lipinski definition) is 2. The van der Waals surface area contributed by atoms with Gasteiger partial charge in [-0.25, -0.2) is 4.98 Å². The highest BCUT2D eigenvalue weighted by atomic mass is 16.2. The highest BCUT2D eigenvalue weighted by Gasteiger charge is 2.32. The van der Waals surface area contributed by atoms with Crippen molar-refractivity contribution in [1.82, 2.24) is 30.1 Å². The van der Waals surface area contributed by atoms with Gasteiger partial charge >= 0.3 is 0 Å². The maximum atomic E-state index is 12.8. The molecule has 2 N–H and O–H groups in total. The number of piperazine rings is 1. The highest BCUT2D eigenvalue weighted by molar-refractivity contribution is 5.88. The van der Waals surface area contributed by atoms with Crippen LogP contribution in [0, 0.1) is 0 Å². The van der Waals surface area contributed by atoms with Crippen LogP contribution < -0.4 is 10.6 Å². The van der Waals surface area contributed by atoms with E-state index in [9.17, 15) is 9.59 Å². The summed E-state index contributed by atoms with van der Waals surface area (Å²) in [6, 6.07) is 3.20. The number of aryl methyl sites for hydroxylation is 1. The Morgan fingerprint density at radius 1 is 1.31 bits per heavy atom. The quantitative estimate of drug-likeness (QED) is 0.758. The van der Waals surface area contributed by atoms with Gasteiger partial charge < -0.3 is 20.1 Å². The average molecular weight is 356 g/mol. The molecule has 2 aromatic heterocycles. The van der Waals surface area contributed by atoms with Crippen LogP contribution in [0.5, 0.6) is 0 Å². The Balaban J connectivity index is 1.63. The predicted octanol–water partition coefficient (Wildman–Crippen LogP) is -0.0427. The standard InChI is InChI=1S/C18H24N6O2/c1-2-16-21-8-9-23(16)13-17(25)24-10-7-20-12-15(24)18(26)22-11-14-3-5-19-6-4-14/h3-6,8-9,15,20H,2,7,10-13H2,1H3,(H,22,26). The zero-order valence-electron chi connectivity index (χ0n) is 14.9. The van der Waals surface area contributed by atoms with Crippen LogP contribution in [0.3, 0.4) is 0 Å². The van der Waals surface area contributed by atoms with Crippen molar-refractivity contribution in [3.63, 3.8) is 0 Å². The molecule has 1 saturated heterocycles. The molecule has 0 radical (unpaired) electrons. The van der Waals surface area contributed by atoms with E-state index in [4.69, 9.17) is 0 Å². The number of aromatic nitrogens is 3. The molecule has 1 aliphatic heterocycles. The summed E-state index contributed by atoms with van der Waals surface area (Å²) in [4.78, 5) is 35.3. The van der Waals surface area contributed by atoms with Gasteiger partial charge in [-0.1, -0.05) is 6.92 Å². The molecule has 0 bridgehead atoms. The van der Waals surface area contributed by atoms with Crippen LogP contribution in [0.25, 0.3) is 0 Å². The van der Waals surface area contributed by atoms with Crippen molar-refractivity contribution in [1.29, 1.82) is 0 Å². The number of rotatable bonds is 6. The van der Waals surface area contributed by atoms with Crippen LogP contribution in [-0.4, -0.2) is 56.9 Å². The normalized spacial score (nSPS) is 17.1. The van der Waals surface area contributed by atoms with E-state index < -0.39 is 6.04 Å². The molecule has 0 spiro atoms. The summed E-state index contributed by atoms with van der Waals surface area (Å²) in [5, 5.41) is 6.11. The van der Waals surface area contributed by atoms with Crippen molar-refractivity contribution in [2.24, 2.45) is 0 Å². The fraction of sp³-hybridized carbons (Fsp3) is 0.444. The minimum atomic E-state index is -0.508. The summed E-state index contributed by atoms with van der Waals surface area (Å²) >= 11 is 0. The molecule has 8 nitrogen and oxygen atoms in total. The molecule has 1 unspecified atom stereocenters. The fourth-order valence-electron chi connectivity index (χ4n) is 3.08. The number of pyridine rings is 1. The maximum Gasteiger partial charge on any atom is 0.244 e. The van der Waals surface area contributed by atoms with E-state index in [-0.39, 0.29) is 18.4 Å². The molecular formula is C18H24N6O2. The lowest BCUT2D eigenvalue weighted by atomic mass is 10.1. The van der Waals surface area contributed by atoms with Crippen molar-refractivity contribution >= 4 is 11.8 Å². The highest BCUT2D eigenvalue weighted by Crippen LogP contribution is 2.08. The second kappa shape index (κ2) is 8.57. The third-order valence-corrected chi connectivity index (χ3v) is 4.51. The molecule has 138 valence electrons. The van der Waals surface area contributed by atoms with Crippen molar-refractivity contribution in [3.8, 4) is 0 Å². The lowest BCUT2D eigenvalue weighted by Crippen LogP contribution is -2.60. The summed E-state index contributed by atoms with van der Waals surface area (Å²) < 4.78 is 1.84. The van der Waals surface area contributed by atoms with Crippen molar-refractivity contribution in [3.05, 3.63) is 48.3 Å². The van der Waals surface area contributed by atoms with Crippen LogP contribution in [-0.2, 0) is 29.1 Å². The molecule has 2 amide bonds. The van der Waals surface area contributed by atoms with Crippen LogP contribution >= 0.6 is 0 Å². The molecule has 26 heavy (non-hydrogen) atoms. The second-order valence-electron chi connectivity index (χ2n) is 6.21. The Morgan fingerprint density at radius 2 is 2.12 bits per heavy atom. The Labute approximate surface area is 152 Å². The minimum Gasteiger partial charge on any atom is -0.350 e. The van der Waals surface area contributed by atoms with E-state index in [1.54, 1.807) is 29.7 Å². The SMILES string of the molecule is CCc1nccn1CC(=O)N1CCNCC1C(=O)NCc1ccncc1. The van der Waals surface area contributed by atoms with E-state index in [1.165, 1.54) is 0 Å². The van der Waals surface area contributed by atoms with E-state index >= 15 is 0 Å². The van der Waals surface area contributed by atoms with Gasteiger partial charge in [-0.15, -0.1) is 0 Å². The third-order valence-electron chi connectivity index (χ3n) is 4.51. The Bertz CT molecular complexity index is 745. The number of nitrogens with zero attached hydrogens (tertiary/aromatic N) is 4. The summed E-state index contributed by atoms with van der Waals surface area (Å²) in [7, 11) is 0. The van der Waals surface area contributed by atoms with Crippen LogP contribution in [0.1, 0.15) is 18.3 Å². The molecule has 1 aliphatic rings. The third kappa shape index (κ3) is 4.26. The largest absolute Gasteiger partial charge is 0.350 e. The number of nitrogens with one attached hydrogen (secondary N) is 2. The molecule has 0 aliphatic carbocycles. The van der Waals surface area contributed by atoms with Gasteiger partial charge in [0.25, 0.3) is 0 Å². The lowest BCUT2D eigenvalue weighted by Gasteiger charge is -2.35. The van der Waals surface area contributed by atoms with Gasteiger partial charge in [0, 0.05) is 57.4 Å². The first-order valence-electron chi connectivity index (χ1n) is 8.86. The molecule has 8 heteroatoms. The topological polar surface area (TPSA) is 92.2 Å². The molecule has 0 saturated carbocycles. The Morgan fingerprint density at radius 3 is 2.88 bits per heavy atom. The molecule has 1 fully saturated rings. The number of carbonyl (C=O) groups excluding carboxylic acids is 2. The van der Waals surface area contributed by atoms with E-state index in [2.05, 4.69) is 20.6 Å². The molecule has 3 heterocycles. The van der Waals surface area contributed by atoms with Gasteiger partial charge in [-0.2, -0.15) is 0 Å². The van der Waals surface area contributed by atoms with Crippen molar-refractivity contribution < 1.29 is 9.59 Å². The Kier molecular flexibility index (Phi) is 5.96. The fourth-order valence-corrected chi connectivity index (χ4v) is 3.08. The molecule has 1 atom stereocenters. The molecular weight excluding hydrogens is 332 g/mol. The second-order valence-corrected chi connectivity index (χ2v) is 6.21. The van der Waals surface area contributed by atoms with Gasteiger partial charge in [0.15, 0.2) is 0 Å². The maximum absolute atomic E-state index is 12.8. The smallest absolute Gasteiger partial charge is 0.244 e. The van der Waals surface area contributed by atoms with Crippen LogP contribution in [0.2, 0.25) is 0 Å². The number of hydrogen-bond acceptors (Lipinski definition) is 5. The van der Waals surface area contributed by atoms with Gasteiger partial charge in [0.1, 0.15) is 18.4 Å². The van der Waals surface area contributed by atoms with Crippen molar-refractivity contribution in [2.75, 3.05) is 19.6 Å². The zero-order valence-corrected chi connectivity index (χ0v) is 14.9. The average Bonchev–Trinajstić information content (AvgIpc) is 3.14. The van der Waals surface area contributed by atoms with E-state index in [0.29, 0.717) is 26.2 Å². The predicted molar refractivity (Wildman–Crippen MR) is 96.1 cm³/mol. The summed E-state index contributed by atoms with van der Waals surface area (Å²) in [6.07, 6.45) is 7.64. The zero-order chi connectivity index (χ0) is 18.4. The first-order valence-corrected chi connectivity index (χ1v) is 8.86. The van der Waals surface area contributed by atoms with Gasteiger partial charge in [0.05, 0.1) is 0 Å². The summed E-state index contributed by atoms with van der Waals surface area (Å²) in [6.45, 7) is 4.29.